The van der Waals surface area contributed by atoms with Gasteiger partial charge in [-0.25, -0.2) is 0 Å². The number of fused-ring (bicyclic) bond motifs is 2. The monoisotopic (exact) mass is 672 g/mol. The van der Waals surface area contributed by atoms with Gasteiger partial charge in [0, 0.05) is 0 Å². The van der Waals surface area contributed by atoms with Crippen LogP contribution in [0.2, 0.25) is 0 Å². The molecule has 2 aliphatic rings. The molecule has 0 spiro atoms. The topological polar surface area (TPSA) is 149 Å². The highest BCUT2D eigenvalue weighted by molar-refractivity contribution is 6.22. The van der Waals surface area contributed by atoms with Gasteiger partial charge in [0.25, 0.3) is 23.6 Å². The van der Waals surface area contributed by atoms with Crippen LogP contribution < -0.4 is 0 Å². The molecule has 0 N–H and O–H groups in total. The number of hydrogen-bond acceptors (Lipinski definition) is 12. The first-order chi connectivity index (χ1) is 23.6. The molecule has 48 heavy (non-hydrogen) atoms. The van der Waals surface area contributed by atoms with Gasteiger partial charge < -0.3 is 37.9 Å². The molecule has 0 saturated heterocycles. The lowest BCUT2D eigenvalue weighted by Gasteiger charge is -2.13. The summed E-state index contributed by atoms with van der Waals surface area (Å²) in [4.78, 5) is 51.6. The van der Waals surface area contributed by atoms with E-state index in [2.05, 4.69) is 0 Å². The number of nitrogens with zero attached hydrogens (tertiary/aromatic N) is 2. The SMILES string of the molecule is O=C1c2ccccc2C(=O)N1CCOCCOCCOCCOCCOCCOCCOCCOCCN1C(=O)c2ccccc2C1=O. The molecule has 4 amide bonds. The highest BCUT2D eigenvalue weighted by Crippen LogP contribution is 2.23. The van der Waals surface area contributed by atoms with Crippen LogP contribution in [0.4, 0.5) is 0 Å². The fourth-order valence-electron chi connectivity index (χ4n) is 4.84. The van der Waals surface area contributed by atoms with E-state index in [-0.39, 0.29) is 49.9 Å². The lowest BCUT2D eigenvalue weighted by Crippen LogP contribution is -2.33. The zero-order valence-electron chi connectivity index (χ0n) is 27.1. The van der Waals surface area contributed by atoms with Gasteiger partial charge >= 0.3 is 0 Å². The van der Waals surface area contributed by atoms with Crippen molar-refractivity contribution in [3.05, 3.63) is 70.8 Å². The number of imide groups is 2. The van der Waals surface area contributed by atoms with Gasteiger partial charge in [0.1, 0.15) is 0 Å². The average Bonchev–Trinajstić information content (AvgIpc) is 3.50. The van der Waals surface area contributed by atoms with Crippen molar-refractivity contribution in [1.29, 1.82) is 0 Å². The first-order valence-electron chi connectivity index (χ1n) is 16.1. The van der Waals surface area contributed by atoms with E-state index in [1.165, 1.54) is 9.80 Å². The molecule has 0 fully saturated rings. The summed E-state index contributed by atoms with van der Waals surface area (Å²) in [5.74, 6) is -1.14. The molecule has 0 bridgehead atoms. The number of benzene rings is 2. The summed E-state index contributed by atoms with van der Waals surface area (Å²) in [6, 6.07) is 13.6. The molecule has 0 saturated carbocycles. The van der Waals surface area contributed by atoms with Gasteiger partial charge in [0.2, 0.25) is 0 Å². The molecule has 262 valence electrons. The predicted octanol–water partition coefficient (Wildman–Crippen LogP) is 1.71. The van der Waals surface area contributed by atoms with E-state index in [1.54, 1.807) is 48.5 Å². The smallest absolute Gasteiger partial charge is 0.261 e. The Kier molecular flexibility index (Phi) is 16.6. The Balaban J connectivity index is 0.813. The second-order valence-corrected chi connectivity index (χ2v) is 10.5. The zero-order valence-corrected chi connectivity index (χ0v) is 27.1. The standard InChI is InChI=1S/C34H44N2O12/c37-31-27-5-1-2-6-28(27)32(38)35(31)9-11-41-13-15-43-17-19-45-21-23-47-25-26-48-24-22-46-20-18-44-16-14-42-12-10-36-33(39)29-7-3-4-8-30(29)34(36)40/h1-8H,9-26H2. The highest BCUT2D eigenvalue weighted by Gasteiger charge is 2.35. The van der Waals surface area contributed by atoms with E-state index in [1.807, 2.05) is 0 Å². The molecule has 0 aliphatic carbocycles. The summed E-state index contributed by atoms with van der Waals surface area (Å²) in [5.41, 5.74) is 1.74. The van der Waals surface area contributed by atoms with E-state index < -0.39 is 0 Å². The molecule has 0 atom stereocenters. The summed E-state index contributed by atoms with van der Waals surface area (Å²) in [6.07, 6.45) is 0. The fraction of sp³-hybridized carbons (Fsp3) is 0.529. The first-order valence-corrected chi connectivity index (χ1v) is 16.1. The minimum atomic E-state index is -0.285. The van der Waals surface area contributed by atoms with Crippen LogP contribution in [0.25, 0.3) is 0 Å². The van der Waals surface area contributed by atoms with Gasteiger partial charge in [-0.2, -0.15) is 0 Å². The maximum atomic E-state index is 12.3. The third kappa shape index (κ3) is 11.5. The predicted molar refractivity (Wildman–Crippen MR) is 170 cm³/mol. The van der Waals surface area contributed by atoms with Crippen LogP contribution in [0.5, 0.6) is 0 Å². The van der Waals surface area contributed by atoms with Gasteiger partial charge in [-0.1, -0.05) is 24.3 Å². The van der Waals surface area contributed by atoms with Crippen LogP contribution in [-0.4, -0.2) is 152 Å². The molecule has 14 heteroatoms. The van der Waals surface area contributed by atoms with Crippen LogP contribution in [0, 0.1) is 0 Å². The molecular weight excluding hydrogens is 628 g/mol. The third-order valence-corrected chi connectivity index (χ3v) is 7.28. The summed E-state index contributed by atoms with van der Waals surface area (Å²) >= 11 is 0. The summed E-state index contributed by atoms with van der Waals surface area (Å²) in [6.45, 7) is 6.79. The molecule has 2 aromatic rings. The van der Waals surface area contributed by atoms with Gasteiger partial charge in [-0.15, -0.1) is 0 Å². The summed E-state index contributed by atoms with van der Waals surface area (Å²) < 4.78 is 43.7. The van der Waals surface area contributed by atoms with Crippen LogP contribution >= 0.6 is 0 Å². The van der Waals surface area contributed by atoms with E-state index in [0.29, 0.717) is 115 Å². The van der Waals surface area contributed by atoms with Crippen molar-refractivity contribution < 1.29 is 57.1 Å². The molecule has 0 aromatic heterocycles. The molecule has 2 heterocycles. The number of ether oxygens (including phenoxy) is 8. The normalized spacial score (nSPS) is 14.0. The van der Waals surface area contributed by atoms with Crippen molar-refractivity contribution in [2.75, 3.05) is 119 Å². The van der Waals surface area contributed by atoms with Crippen molar-refractivity contribution in [2.45, 2.75) is 0 Å². The number of carbonyl (C=O) groups is 4. The van der Waals surface area contributed by atoms with E-state index in [4.69, 9.17) is 37.9 Å². The molecule has 0 radical (unpaired) electrons. The fourth-order valence-corrected chi connectivity index (χ4v) is 4.84. The van der Waals surface area contributed by atoms with Crippen molar-refractivity contribution in [2.24, 2.45) is 0 Å². The van der Waals surface area contributed by atoms with E-state index in [9.17, 15) is 19.2 Å². The number of rotatable bonds is 27. The van der Waals surface area contributed by atoms with Crippen molar-refractivity contribution in [3.63, 3.8) is 0 Å². The quantitative estimate of drug-likeness (QED) is 0.101. The van der Waals surface area contributed by atoms with Crippen LogP contribution in [0.1, 0.15) is 41.4 Å². The minimum Gasteiger partial charge on any atom is -0.377 e. The number of carbonyl (C=O) groups excluding carboxylic acids is 4. The van der Waals surface area contributed by atoms with Crippen LogP contribution in [-0.2, 0) is 37.9 Å². The highest BCUT2D eigenvalue weighted by atomic mass is 16.6. The summed E-state index contributed by atoms with van der Waals surface area (Å²) in [5, 5.41) is 0. The molecule has 4 rings (SSSR count). The van der Waals surface area contributed by atoms with Gasteiger partial charge in [-0.3, -0.25) is 29.0 Å². The Bertz CT molecular complexity index is 1150. The lowest BCUT2D eigenvalue weighted by atomic mass is 10.1. The van der Waals surface area contributed by atoms with Crippen molar-refractivity contribution in [1.82, 2.24) is 9.80 Å². The van der Waals surface area contributed by atoms with E-state index >= 15 is 0 Å². The first kappa shape index (κ1) is 37.2. The Morgan fingerprint density at radius 1 is 0.312 bits per heavy atom. The van der Waals surface area contributed by atoms with Crippen LogP contribution in [0.15, 0.2) is 48.5 Å². The molecular formula is C34H44N2O12. The lowest BCUT2D eigenvalue weighted by molar-refractivity contribution is -0.0235. The maximum Gasteiger partial charge on any atom is 0.261 e. The zero-order chi connectivity index (χ0) is 33.8. The van der Waals surface area contributed by atoms with Gasteiger partial charge in [-0.05, 0) is 24.3 Å². The molecule has 14 nitrogen and oxygen atoms in total. The largest absolute Gasteiger partial charge is 0.377 e. The second-order valence-electron chi connectivity index (χ2n) is 10.5. The number of hydrogen-bond donors (Lipinski definition) is 0. The van der Waals surface area contributed by atoms with Gasteiger partial charge in [0.15, 0.2) is 0 Å². The Labute approximate surface area is 280 Å². The van der Waals surface area contributed by atoms with Crippen molar-refractivity contribution in [3.8, 4) is 0 Å². The average molecular weight is 673 g/mol. The third-order valence-electron chi connectivity index (χ3n) is 7.28. The Hall–Kier alpha value is -3.60. The Morgan fingerprint density at radius 3 is 0.708 bits per heavy atom. The van der Waals surface area contributed by atoms with Gasteiger partial charge in [0.05, 0.1) is 141 Å². The van der Waals surface area contributed by atoms with Crippen molar-refractivity contribution >= 4 is 23.6 Å². The second kappa shape index (κ2) is 21.4. The van der Waals surface area contributed by atoms with E-state index in [0.717, 1.165) is 0 Å². The maximum absolute atomic E-state index is 12.3. The van der Waals surface area contributed by atoms with Crippen LogP contribution in [0.3, 0.4) is 0 Å². The Morgan fingerprint density at radius 2 is 0.500 bits per heavy atom. The molecule has 2 aromatic carbocycles. The summed E-state index contributed by atoms with van der Waals surface area (Å²) in [7, 11) is 0. The molecule has 0 unspecified atom stereocenters. The number of amides is 4. The molecule has 2 aliphatic heterocycles. The minimum absolute atomic E-state index is 0.206.